The molecular weight excluding hydrogens is 426 g/mol. The van der Waals surface area contributed by atoms with Crippen molar-refractivity contribution < 1.29 is 22.7 Å². The Morgan fingerprint density at radius 3 is 2.38 bits per heavy atom. The lowest BCUT2D eigenvalue weighted by Crippen LogP contribution is -2.16. The zero-order valence-corrected chi connectivity index (χ0v) is 17.2. The highest BCUT2D eigenvalue weighted by atomic mass is 35.5. The molecule has 0 fully saturated rings. The minimum absolute atomic E-state index is 0.309. The van der Waals surface area contributed by atoms with Crippen molar-refractivity contribution in [2.24, 2.45) is 0 Å². The molecule has 0 amide bonds. The van der Waals surface area contributed by atoms with Gasteiger partial charge in [0.25, 0.3) is 0 Å². The molecule has 0 bridgehead atoms. The first-order valence-corrected chi connectivity index (χ1v) is 9.62. The summed E-state index contributed by atoms with van der Waals surface area (Å²) in [5, 5.41) is 5.56. The molecule has 0 aromatic heterocycles. The van der Waals surface area contributed by atoms with E-state index in [9.17, 15) is 18.0 Å². The van der Waals surface area contributed by atoms with E-state index in [0.717, 1.165) is 12.1 Å². The van der Waals surface area contributed by atoms with Crippen LogP contribution in [0.5, 0.6) is 0 Å². The summed E-state index contributed by atoms with van der Waals surface area (Å²) in [6.07, 6.45) is -4.70. The highest BCUT2D eigenvalue weighted by Gasteiger charge is 2.31. The average molecular weight is 444 g/mol. The number of hydrogen-bond acceptors (Lipinski definition) is 3. The number of hydrogen-bond donors (Lipinski definition) is 1. The first kappa shape index (κ1) is 21.7. The fourth-order valence-electron chi connectivity index (χ4n) is 3.40. The van der Waals surface area contributed by atoms with E-state index >= 15 is 0 Å². The quantitative estimate of drug-likeness (QED) is 0.359. The standard InChI is InChI=1S/C21H18Cl2F3NO2/c1-11(28)29-20(5-6-27-2)18-10-17-16(8-13(22)9-19(17)23)15-7-12(21(24,25)26)3-4-14(15)18/h3-4,7-10,20,27H,5-6H2,1-2H3. The minimum Gasteiger partial charge on any atom is -0.458 e. The molecule has 0 aliphatic carbocycles. The van der Waals surface area contributed by atoms with Gasteiger partial charge >= 0.3 is 12.1 Å². The van der Waals surface area contributed by atoms with Crippen molar-refractivity contribution in [2.75, 3.05) is 13.6 Å². The van der Waals surface area contributed by atoms with E-state index in [1.54, 1.807) is 19.2 Å². The number of carbonyl (C=O) groups is 1. The molecule has 3 nitrogen and oxygen atoms in total. The molecule has 0 heterocycles. The van der Waals surface area contributed by atoms with Gasteiger partial charge in [-0.2, -0.15) is 13.2 Å². The van der Waals surface area contributed by atoms with Crippen LogP contribution in [0.25, 0.3) is 21.5 Å². The summed E-state index contributed by atoms with van der Waals surface area (Å²) < 4.78 is 45.5. The molecule has 1 unspecified atom stereocenters. The number of esters is 1. The van der Waals surface area contributed by atoms with Crippen molar-refractivity contribution in [3.63, 3.8) is 0 Å². The zero-order valence-electron chi connectivity index (χ0n) is 15.7. The molecule has 0 saturated heterocycles. The van der Waals surface area contributed by atoms with E-state index in [-0.39, 0.29) is 0 Å². The molecular formula is C21H18Cl2F3NO2. The summed E-state index contributed by atoms with van der Waals surface area (Å²) in [6.45, 7) is 1.84. The highest BCUT2D eigenvalue weighted by molar-refractivity contribution is 6.39. The molecule has 0 saturated carbocycles. The first-order chi connectivity index (χ1) is 13.6. The fourth-order valence-corrected chi connectivity index (χ4v) is 3.95. The SMILES string of the molecule is CNCCC(OC(C)=O)c1cc2c(Cl)cc(Cl)cc2c2cc(C(F)(F)F)ccc12. The molecule has 154 valence electrons. The Kier molecular flexibility index (Phi) is 6.27. The van der Waals surface area contributed by atoms with Crippen LogP contribution in [0.4, 0.5) is 13.2 Å². The maximum Gasteiger partial charge on any atom is 0.416 e. The van der Waals surface area contributed by atoms with Gasteiger partial charge in [-0.25, -0.2) is 0 Å². The van der Waals surface area contributed by atoms with Crippen molar-refractivity contribution >= 4 is 50.7 Å². The second kappa shape index (κ2) is 8.38. The Hall–Kier alpha value is -2.02. The van der Waals surface area contributed by atoms with Crippen molar-refractivity contribution in [2.45, 2.75) is 25.6 Å². The lowest BCUT2D eigenvalue weighted by Gasteiger charge is -2.21. The summed E-state index contributed by atoms with van der Waals surface area (Å²) in [4.78, 5) is 11.7. The molecule has 8 heteroatoms. The molecule has 1 N–H and O–H groups in total. The largest absolute Gasteiger partial charge is 0.458 e. The van der Waals surface area contributed by atoms with Gasteiger partial charge in [0.05, 0.1) is 5.56 Å². The number of nitrogens with one attached hydrogen (secondary N) is 1. The average Bonchev–Trinajstić information content (AvgIpc) is 2.63. The van der Waals surface area contributed by atoms with Gasteiger partial charge in [0.1, 0.15) is 6.10 Å². The van der Waals surface area contributed by atoms with E-state index in [1.807, 2.05) is 0 Å². The van der Waals surface area contributed by atoms with Crippen molar-refractivity contribution in [1.82, 2.24) is 5.32 Å². The maximum atomic E-state index is 13.3. The van der Waals surface area contributed by atoms with E-state index in [0.29, 0.717) is 50.1 Å². The van der Waals surface area contributed by atoms with Crippen LogP contribution in [0.3, 0.4) is 0 Å². The van der Waals surface area contributed by atoms with Crippen LogP contribution in [-0.2, 0) is 15.7 Å². The summed E-state index contributed by atoms with van der Waals surface area (Å²) in [5.41, 5.74) is -0.185. The number of rotatable bonds is 5. The molecule has 0 aliphatic rings. The second-order valence-electron chi connectivity index (χ2n) is 6.70. The van der Waals surface area contributed by atoms with Crippen molar-refractivity contribution in [3.8, 4) is 0 Å². The van der Waals surface area contributed by atoms with Crippen LogP contribution < -0.4 is 5.32 Å². The molecule has 1 atom stereocenters. The number of alkyl halides is 3. The predicted octanol–water partition coefficient (Wildman–Crippen LogP) is 6.53. The number of benzene rings is 3. The van der Waals surface area contributed by atoms with Gasteiger partial charge in [-0.3, -0.25) is 4.79 Å². The zero-order chi connectivity index (χ0) is 21.3. The Labute approximate surface area is 175 Å². The third kappa shape index (κ3) is 4.60. The first-order valence-electron chi connectivity index (χ1n) is 8.86. The Balaban J connectivity index is 2.37. The summed E-state index contributed by atoms with van der Waals surface area (Å²) in [6, 6.07) is 8.38. The fraction of sp³-hybridized carbons (Fsp3) is 0.286. The monoisotopic (exact) mass is 443 g/mol. The third-order valence-electron chi connectivity index (χ3n) is 4.65. The van der Waals surface area contributed by atoms with Crippen LogP contribution >= 0.6 is 23.2 Å². The van der Waals surface area contributed by atoms with E-state index in [4.69, 9.17) is 27.9 Å². The van der Waals surface area contributed by atoms with E-state index < -0.39 is 23.8 Å². The molecule has 3 aromatic rings. The lowest BCUT2D eigenvalue weighted by atomic mass is 9.92. The molecule has 0 radical (unpaired) electrons. The molecule has 29 heavy (non-hydrogen) atoms. The topological polar surface area (TPSA) is 38.3 Å². The lowest BCUT2D eigenvalue weighted by molar-refractivity contribution is -0.147. The van der Waals surface area contributed by atoms with E-state index in [2.05, 4.69) is 5.32 Å². The summed E-state index contributed by atoms with van der Waals surface area (Å²) in [7, 11) is 1.76. The van der Waals surface area contributed by atoms with Crippen molar-refractivity contribution in [3.05, 3.63) is 57.6 Å². The maximum absolute atomic E-state index is 13.3. The Morgan fingerprint density at radius 2 is 1.76 bits per heavy atom. The normalized spacial score (nSPS) is 13.1. The van der Waals surface area contributed by atoms with Crippen LogP contribution in [0.2, 0.25) is 10.0 Å². The Bertz CT molecular complexity index is 1080. The van der Waals surface area contributed by atoms with Gasteiger partial charge in [0.2, 0.25) is 0 Å². The number of fused-ring (bicyclic) bond motifs is 3. The molecule has 0 aliphatic heterocycles. The van der Waals surface area contributed by atoms with Gasteiger partial charge in [0.15, 0.2) is 0 Å². The Morgan fingerprint density at radius 1 is 1.07 bits per heavy atom. The smallest absolute Gasteiger partial charge is 0.416 e. The molecule has 3 rings (SSSR count). The van der Waals surface area contributed by atoms with Gasteiger partial charge in [-0.1, -0.05) is 29.3 Å². The van der Waals surface area contributed by atoms with Crippen LogP contribution in [0.1, 0.15) is 30.6 Å². The molecule has 3 aromatic carbocycles. The van der Waals surface area contributed by atoms with Gasteiger partial charge in [-0.15, -0.1) is 0 Å². The van der Waals surface area contributed by atoms with Crippen molar-refractivity contribution in [1.29, 1.82) is 0 Å². The van der Waals surface area contributed by atoms with Crippen LogP contribution in [-0.4, -0.2) is 19.6 Å². The number of ether oxygens (including phenoxy) is 1. The van der Waals surface area contributed by atoms with Crippen LogP contribution in [0.15, 0.2) is 36.4 Å². The van der Waals surface area contributed by atoms with E-state index in [1.165, 1.54) is 19.1 Å². The van der Waals surface area contributed by atoms with Gasteiger partial charge < -0.3 is 10.1 Å². The summed E-state index contributed by atoms with van der Waals surface area (Å²) >= 11 is 12.5. The predicted molar refractivity (Wildman–Crippen MR) is 110 cm³/mol. The minimum atomic E-state index is -4.50. The number of halogens is 5. The number of carbonyl (C=O) groups excluding carboxylic acids is 1. The van der Waals surface area contributed by atoms with Gasteiger partial charge in [0, 0.05) is 34.3 Å². The van der Waals surface area contributed by atoms with Gasteiger partial charge in [-0.05, 0) is 60.1 Å². The highest BCUT2D eigenvalue weighted by Crippen LogP contribution is 2.41. The van der Waals surface area contributed by atoms with Crippen LogP contribution in [0, 0.1) is 0 Å². The molecule has 0 spiro atoms. The third-order valence-corrected chi connectivity index (χ3v) is 5.18. The second-order valence-corrected chi connectivity index (χ2v) is 7.54. The summed E-state index contributed by atoms with van der Waals surface area (Å²) in [5.74, 6) is -0.478.